The first-order valence-electron chi connectivity index (χ1n) is 5.74. The van der Waals surface area contributed by atoms with Crippen LogP contribution in [-0.4, -0.2) is 23.3 Å². The second-order valence-electron chi connectivity index (χ2n) is 5.32. The van der Waals surface area contributed by atoms with E-state index in [2.05, 4.69) is 10.9 Å². The van der Waals surface area contributed by atoms with Gasteiger partial charge in [-0.25, -0.2) is 4.39 Å². The predicted octanol–water partition coefficient (Wildman–Crippen LogP) is 1.50. The molecule has 1 fully saturated rings. The Morgan fingerprint density at radius 2 is 1.83 bits per heavy atom. The van der Waals surface area contributed by atoms with E-state index in [1.165, 1.54) is 12.3 Å². The molecule has 0 saturated carbocycles. The predicted molar refractivity (Wildman–Crippen MR) is 67.8 cm³/mol. The first-order valence-corrected chi connectivity index (χ1v) is 5.74. The lowest BCUT2D eigenvalue weighted by molar-refractivity contribution is 0.00578. The molecular weight excluding hydrogens is 232 g/mol. The number of aromatic nitrogens is 1. The molecule has 1 aliphatic heterocycles. The molecule has 0 amide bonds. The van der Waals surface area contributed by atoms with Crippen molar-refractivity contribution in [1.82, 2.24) is 4.98 Å². The van der Waals surface area contributed by atoms with Gasteiger partial charge in [0.25, 0.3) is 0 Å². The van der Waals surface area contributed by atoms with Crippen molar-refractivity contribution < 1.29 is 13.7 Å². The highest BCUT2D eigenvalue weighted by Gasteiger charge is 2.52. The molecule has 0 spiro atoms. The van der Waals surface area contributed by atoms with E-state index in [-0.39, 0.29) is 5.56 Å². The zero-order chi connectivity index (χ0) is 13.6. The largest absolute Gasteiger partial charge is 0.514 e. The first kappa shape index (κ1) is 13.1. The first-order chi connectivity index (χ1) is 8.27. The highest BCUT2D eigenvalue weighted by molar-refractivity contribution is 6.61. The average molecular weight is 247 g/mol. The van der Waals surface area contributed by atoms with Gasteiger partial charge in [0.05, 0.1) is 22.4 Å². The van der Waals surface area contributed by atoms with Crippen LogP contribution in [0.4, 0.5) is 4.39 Å². The summed E-state index contributed by atoms with van der Waals surface area (Å²) in [6, 6.07) is 1.26. The van der Waals surface area contributed by atoms with Crippen LogP contribution in [0.2, 0.25) is 0 Å². The van der Waals surface area contributed by atoms with Crippen LogP contribution in [0.25, 0.3) is 0 Å². The van der Waals surface area contributed by atoms with Crippen LogP contribution in [0.15, 0.2) is 12.3 Å². The van der Waals surface area contributed by atoms with E-state index in [0.717, 1.165) is 0 Å². The third-order valence-corrected chi connectivity index (χ3v) is 3.52. The Morgan fingerprint density at radius 3 is 2.28 bits per heavy atom. The van der Waals surface area contributed by atoms with Crippen LogP contribution in [0.5, 0.6) is 0 Å². The van der Waals surface area contributed by atoms with Crippen molar-refractivity contribution in [2.45, 2.75) is 38.9 Å². The van der Waals surface area contributed by atoms with Crippen LogP contribution in [0.3, 0.4) is 0 Å². The number of nitrogens with zero attached hydrogens (tertiary/aromatic N) is 1. The van der Waals surface area contributed by atoms with Gasteiger partial charge >= 0.3 is 7.12 Å². The van der Waals surface area contributed by atoms with Crippen LogP contribution in [0, 0.1) is 18.2 Å². The van der Waals surface area contributed by atoms with Gasteiger partial charge in [-0.3, -0.25) is 4.98 Å². The van der Waals surface area contributed by atoms with Crippen molar-refractivity contribution in [1.29, 1.82) is 0 Å². The molecule has 1 aliphatic rings. The van der Waals surface area contributed by atoms with Gasteiger partial charge in [0.1, 0.15) is 5.82 Å². The molecule has 94 valence electrons. The summed E-state index contributed by atoms with van der Waals surface area (Å²) in [6.45, 7) is 7.72. The van der Waals surface area contributed by atoms with Crippen molar-refractivity contribution in [3.05, 3.63) is 23.6 Å². The Morgan fingerprint density at radius 1 is 1.28 bits per heavy atom. The number of rotatable bonds is 1. The van der Waals surface area contributed by atoms with Gasteiger partial charge in [0.15, 0.2) is 0 Å². The van der Waals surface area contributed by atoms with E-state index < -0.39 is 24.1 Å². The number of terminal acetylenes is 1. The van der Waals surface area contributed by atoms with Gasteiger partial charge in [-0.15, -0.1) is 6.42 Å². The molecule has 2 heterocycles. The van der Waals surface area contributed by atoms with E-state index in [1.54, 1.807) is 0 Å². The number of pyridine rings is 1. The fourth-order valence-electron chi connectivity index (χ4n) is 1.64. The maximum Gasteiger partial charge on any atom is 0.514 e. The molecule has 1 aromatic rings. The van der Waals surface area contributed by atoms with E-state index in [1.807, 2.05) is 27.7 Å². The number of hydrogen-bond donors (Lipinski definition) is 0. The van der Waals surface area contributed by atoms with Crippen LogP contribution in [0.1, 0.15) is 33.3 Å². The summed E-state index contributed by atoms with van der Waals surface area (Å²) in [5.74, 6) is 1.74. The molecule has 3 nitrogen and oxygen atoms in total. The highest BCUT2D eigenvalue weighted by atomic mass is 19.1. The topological polar surface area (TPSA) is 31.4 Å². The van der Waals surface area contributed by atoms with Crippen molar-refractivity contribution in [3.8, 4) is 12.3 Å². The molecule has 1 saturated heterocycles. The van der Waals surface area contributed by atoms with Gasteiger partial charge in [-0.2, -0.15) is 0 Å². The normalized spacial score (nSPS) is 20.8. The fourth-order valence-corrected chi connectivity index (χ4v) is 1.64. The van der Waals surface area contributed by atoms with E-state index in [4.69, 9.17) is 15.7 Å². The summed E-state index contributed by atoms with van der Waals surface area (Å²) in [4.78, 5) is 4.09. The Balaban J connectivity index is 2.31. The smallest absolute Gasteiger partial charge is 0.398 e. The Kier molecular flexibility index (Phi) is 2.96. The molecule has 2 rings (SSSR count). The number of halogens is 1. The van der Waals surface area contributed by atoms with Gasteiger partial charge in [-0.1, -0.05) is 5.92 Å². The lowest BCUT2D eigenvalue weighted by Crippen LogP contribution is -2.41. The summed E-state index contributed by atoms with van der Waals surface area (Å²) < 4.78 is 25.1. The Bertz CT molecular complexity index is 506. The summed E-state index contributed by atoms with van der Waals surface area (Å²) >= 11 is 0. The monoisotopic (exact) mass is 247 g/mol. The fraction of sp³-hybridized carbons (Fsp3) is 0.462. The summed E-state index contributed by atoms with van der Waals surface area (Å²) in [6.07, 6.45) is 6.46. The Hall–Kier alpha value is -1.38. The molecule has 5 heteroatoms. The molecule has 0 radical (unpaired) electrons. The Labute approximate surface area is 107 Å². The van der Waals surface area contributed by atoms with Gasteiger partial charge in [-0.05, 0) is 33.8 Å². The number of hydrogen-bond acceptors (Lipinski definition) is 3. The third-order valence-electron chi connectivity index (χ3n) is 3.52. The summed E-state index contributed by atoms with van der Waals surface area (Å²) in [5.41, 5.74) is -0.415. The molecule has 0 unspecified atom stereocenters. The minimum absolute atomic E-state index is 0.135. The minimum atomic E-state index is -0.670. The molecule has 0 aromatic carbocycles. The second-order valence-corrected chi connectivity index (χ2v) is 5.32. The molecule has 0 atom stereocenters. The van der Waals surface area contributed by atoms with Crippen molar-refractivity contribution in [3.63, 3.8) is 0 Å². The van der Waals surface area contributed by atoms with Crippen molar-refractivity contribution in [2.24, 2.45) is 0 Å². The summed E-state index contributed by atoms with van der Waals surface area (Å²) in [7, 11) is -0.670. The van der Waals surface area contributed by atoms with Gasteiger partial charge < -0.3 is 9.31 Å². The van der Waals surface area contributed by atoms with E-state index in [0.29, 0.717) is 5.59 Å². The third kappa shape index (κ3) is 2.02. The highest BCUT2D eigenvalue weighted by Crippen LogP contribution is 2.36. The van der Waals surface area contributed by atoms with Gasteiger partial charge in [0.2, 0.25) is 0 Å². The molecule has 1 aromatic heterocycles. The van der Waals surface area contributed by atoms with Gasteiger partial charge in [0, 0.05) is 6.20 Å². The quantitative estimate of drug-likeness (QED) is 0.556. The van der Waals surface area contributed by atoms with E-state index >= 15 is 0 Å². The summed E-state index contributed by atoms with van der Waals surface area (Å²) in [5, 5.41) is 0. The standard InChI is InChI=1S/C13H15BFNO2/c1-6-9-8-16-11(7-10(9)15)14-17-12(2,3)13(4,5)18-14/h1,7-8H,2-5H3. The SMILES string of the molecule is C#Cc1cnc(B2OC(C)(C)C(C)(C)O2)cc1F. The maximum atomic E-state index is 13.6. The van der Waals surface area contributed by atoms with E-state index in [9.17, 15) is 4.39 Å². The zero-order valence-corrected chi connectivity index (χ0v) is 11.0. The van der Waals surface area contributed by atoms with Crippen LogP contribution < -0.4 is 5.59 Å². The molecule has 0 aliphatic carbocycles. The molecular formula is C13H15BFNO2. The van der Waals surface area contributed by atoms with Crippen LogP contribution in [-0.2, 0) is 9.31 Å². The van der Waals surface area contributed by atoms with Crippen molar-refractivity contribution >= 4 is 12.7 Å². The van der Waals surface area contributed by atoms with Crippen LogP contribution >= 0.6 is 0 Å². The minimum Gasteiger partial charge on any atom is -0.398 e. The average Bonchev–Trinajstić information content (AvgIpc) is 2.48. The lowest BCUT2D eigenvalue weighted by Gasteiger charge is -2.32. The molecule has 18 heavy (non-hydrogen) atoms. The maximum absolute atomic E-state index is 13.6. The molecule has 0 N–H and O–H groups in total. The zero-order valence-electron chi connectivity index (χ0n) is 11.0. The lowest BCUT2D eigenvalue weighted by atomic mass is 9.84. The second kappa shape index (κ2) is 4.08. The van der Waals surface area contributed by atoms with Crippen molar-refractivity contribution in [2.75, 3.05) is 0 Å². The molecule has 0 bridgehead atoms.